The largest absolute Gasteiger partial charge is 0.497 e. The molecule has 1 N–H and O–H groups in total. The predicted octanol–water partition coefficient (Wildman–Crippen LogP) is 1.62. The standard InChI is InChI=1S/C10H11NO2/c1-13-10-3-2-7-4-9(11-12)5-8(7)6-10/h2-3,6,12H,4-5H2,1H3/b11-9-. The summed E-state index contributed by atoms with van der Waals surface area (Å²) in [6.45, 7) is 0. The van der Waals surface area contributed by atoms with Gasteiger partial charge in [-0.25, -0.2) is 0 Å². The smallest absolute Gasteiger partial charge is 0.119 e. The summed E-state index contributed by atoms with van der Waals surface area (Å²) >= 11 is 0. The minimum Gasteiger partial charge on any atom is -0.497 e. The van der Waals surface area contributed by atoms with Crippen LogP contribution < -0.4 is 4.74 Å². The molecule has 0 saturated heterocycles. The van der Waals surface area contributed by atoms with Crippen LogP contribution in [0.5, 0.6) is 5.75 Å². The molecule has 3 nitrogen and oxygen atoms in total. The summed E-state index contributed by atoms with van der Waals surface area (Å²) in [4.78, 5) is 0. The summed E-state index contributed by atoms with van der Waals surface area (Å²) in [7, 11) is 1.65. The van der Waals surface area contributed by atoms with Crippen LogP contribution in [0.15, 0.2) is 23.4 Å². The molecule has 3 heteroatoms. The molecule has 0 bridgehead atoms. The van der Waals surface area contributed by atoms with Crippen molar-refractivity contribution in [3.63, 3.8) is 0 Å². The zero-order valence-corrected chi connectivity index (χ0v) is 7.45. The number of benzene rings is 1. The van der Waals surface area contributed by atoms with Crippen molar-refractivity contribution < 1.29 is 9.94 Å². The molecule has 0 unspecified atom stereocenters. The Morgan fingerprint density at radius 3 is 2.77 bits per heavy atom. The average Bonchev–Trinajstić information content (AvgIpc) is 2.58. The summed E-state index contributed by atoms with van der Waals surface area (Å²) < 4.78 is 5.11. The van der Waals surface area contributed by atoms with Gasteiger partial charge >= 0.3 is 0 Å². The molecule has 0 atom stereocenters. The molecule has 0 heterocycles. The first-order chi connectivity index (χ1) is 6.33. The second-order valence-corrected chi connectivity index (χ2v) is 3.15. The number of hydrogen-bond donors (Lipinski definition) is 1. The lowest BCUT2D eigenvalue weighted by molar-refractivity contribution is 0.317. The van der Waals surface area contributed by atoms with E-state index in [0.717, 1.165) is 24.3 Å². The number of fused-ring (bicyclic) bond motifs is 1. The molecule has 68 valence electrons. The number of ether oxygens (including phenoxy) is 1. The van der Waals surface area contributed by atoms with Crippen LogP contribution in [0.25, 0.3) is 0 Å². The fourth-order valence-corrected chi connectivity index (χ4v) is 1.64. The van der Waals surface area contributed by atoms with Gasteiger partial charge in [0.1, 0.15) is 5.75 Å². The highest BCUT2D eigenvalue weighted by molar-refractivity contribution is 5.92. The second-order valence-electron chi connectivity index (χ2n) is 3.15. The molecular weight excluding hydrogens is 166 g/mol. The Labute approximate surface area is 76.6 Å². The average molecular weight is 177 g/mol. The molecule has 0 aliphatic heterocycles. The van der Waals surface area contributed by atoms with E-state index in [1.54, 1.807) is 7.11 Å². The third-order valence-corrected chi connectivity index (χ3v) is 2.34. The Morgan fingerprint density at radius 1 is 1.31 bits per heavy atom. The van der Waals surface area contributed by atoms with Gasteiger partial charge in [-0.2, -0.15) is 0 Å². The molecule has 13 heavy (non-hydrogen) atoms. The van der Waals surface area contributed by atoms with Gasteiger partial charge in [-0.1, -0.05) is 11.2 Å². The summed E-state index contributed by atoms with van der Waals surface area (Å²) in [6.07, 6.45) is 1.50. The lowest BCUT2D eigenvalue weighted by Gasteiger charge is -2.01. The first-order valence-corrected chi connectivity index (χ1v) is 4.19. The quantitative estimate of drug-likeness (QED) is 0.523. The van der Waals surface area contributed by atoms with Crippen molar-refractivity contribution in [1.82, 2.24) is 0 Å². The molecule has 0 radical (unpaired) electrons. The third kappa shape index (κ3) is 1.37. The fraction of sp³-hybridized carbons (Fsp3) is 0.300. The molecule has 2 rings (SSSR count). The maximum absolute atomic E-state index is 8.62. The topological polar surface area (TPSA) is 41.8 Å². The van der Waals surface area contributed by atoms with Gasteiger partial charge in [-0.05, 0) is 23.3 Å². The van der Waals surface area contributed by atoms with E-state index in [1.807, 2.05) is 18.2 Å². The minimum absolute atomic E-state index is 0.739. The molecule has 0 spiro atoms. The van der Waals surface area contributed by atoms with Crippen molar-refractivity contribution >= 4 is 5.71 Å². The molecule has 1 aliphatic rings. The number of nitrogens with zero attached hydrogens (tertiary/aromatic N) is 1. The van der Waals surface area contributed by atoms with Crippen molar-refractivity contribution in [1.29, 1.82) is 0 Å². The number of rotatable bonds is 1. The summed E-state index contributed by atoms with van der Waals surface area (Å²) in [6, 6.07) is 5.94. The Bertz CT molecular complexity index is 358. The van der Waals surface area contributed by atoms with E-state index < -0.39 is 0 Å². The van der Waals surface area contributed by atoms with Crippen molar-refractivity contribution in [2.75, 3.05) is 7.11 Å². The molecule has 1 aliphatic carbocycles. The van der Waals surface area contributed by atoms with Gasteiger partial charge in [0, 0.05) is 12.8 Å². The third-order valence-electron chi connectivity index (χ3n) is 2.34. The van der Waals surface area contributed by atoms with Gasteiger partial charge in [0.25, 0.3) is 0 Å². The van der Waals surface area contributed by atoms with E-state index in [1.165, 1.54) is 11.1 Å². The lowest BCUT2D eigenvalue weighted by atomic mass is 10.1. The van der Waals surface area contributed by atoms with E-state index >= 15 is 0 Å². The first kappa shape index (κ1) is 8.10. The Balaban J connectivity index is 2.36. The Hall–Kier alpha value is -1.51. The van der Waals surface area contributed by atoms with E-state index in [9.17, 15) is 0 Å². The predicted molar refractivity (Wildman–Crippen MR) is 49.6 cm³/mol. The van der Waals surface area contributed by atoms with Crippen molar-refractivity contribution in [3.05, 3.63) is 29.3 Å². The Kier molecular flexibility index (Phi) is 1.93. The molecule has 1 aromatic rings. The van der Waals surface area contributed by atoms with Crippen molar-refractivity contribution in [3.8, 4) is 5.75 Å². The van der Waals surface area contributed by atoms with Crippen molar-refractivity contribution in [2.24, 2.45) is 5.16 Å². The van der Waals surface area contributed by atoms with Crippen molar-refractivity contribution in [2.45, 2.75) is 12.8 Å². The van der Waals surface area contributed by atoms with E-state index in [4.69, 9.17) is 9.94 Å². The van der Waals surface area contributed by atoms with Gasteiger partial charge < -0.3 is 9.94 Å². The van der Waals surface area contributed by atoms with Gasteiger partial charge in [0.05, 0.1) is 12.8 Å². The maximum atomic E-state index is 8.62. The highest BCUT2D eigenvalue weighted by atomic mass is 16.5. The zero-order chi connectivity index (χ0) is 9.26. The van der Waals surface area contributed by atoms with Crippen LogP contribution >= 0.6 is 0 Å². The molecule has 0 fully saturated rings. The first-order valence-electron chi connectivity index (χ1n) is 4.19. The fourth-order valence-electron chi connectivity index (χ4n) is 1.64. The monoisotopic (exact) mass is 177 g/mol. The maximum Gasteiger partial charge on any atom is 0.119 e. The summed E-state index contributed by atoms with van der Waals surface area (Å²) in [5, 5.41) is 11.9. The van der Waals surface area contributed by atoms with Gasteiger partial charge in [-0.3, -0.25) is 0 Å². The lowest BCUT2D eigenvalue weighted by Crippen LogP contribution is -1.94. The number of hydrogen-bond acceptors (Lipinski definition) is 3. The van der Waals surface area contributed by atoms with Crippen LogP contribution in [-0.4, -0.2) is 18.0 Å². The highest BCUT2D eigenvalue weighted by Crippen LogP contribution is 2.24. The molecule has 1 aromatic carbocycles. The number of oxime groups is 1. The SMILES string of the molecule is COc1ccc2c(c1)C/C(=N\O)C2. The van der Waals surface area contributed by atoms with Crippen LogP contribution in [0.3, 0.4) is 0 Å². The van der Waals surface area contributed by atoms with Crippen LogP contribution in [0.1, 0.15) is 11.1 Å². The minimum atomic E-state index is 0.739. The second kappa shape index (κ2) is 3.09. The van der Waals surface area contributed by atoms with Crippen LogP contribution in [0.4, 0.5) is 0 Å². The van der Waals surface area contributed by atoms with Gasteiger partial charge in [0.2, 0.25) is 0 Å². The van der Waals surface area contributed by atoms with Crippen LogP contribution in [0, 0.1) is 0 Å². The number of methoxy groups -OCH3 is 1. The molecule has 0 amide bonds. The molecule has 0 saturated carbocycles. The van der Waals surface area contributed by atoms with Crippen LogP contribution in [0.2, 0.25) is 0 Å². The summed E-state index contributed by atoms with van der Waals surface area (Å²) in [5.74, 6) is 0.859. The van der Waals surface area contributed by atoms with Gasteiger partial charge in [0.15, 0.2) is 0 Å². The zero-order valence-electron chi connectivity index (χ0n) is 7.45. The van der Waals surface area contributed by atoms with E-state index in [0.29, 0.717) is 0 Å². The highest BCUT2D eigenvalue weighted by Gasteiger charge is 2.17. The molecular formula is C10H11NO2. The van der Waals surface area contributed by atoms with E-state index in [2.05, 4.69) is 5.16 Å². The van der Waals surface area contributed by atoms with Gasteiger partial charge in [-0.15, -0.1) is 0 Å². The normalized spacial score (nSPS) is 17.5. The Morgan fingerprint density at radius 2 is 2.08 bits per heavy atom. The summed E-state index contributed by atoms with van der Waals surface area (Å²) in [5.41, 5.74) is 3.25. The van der Waals surface area contributed by atoms with E-state index in [-0.39, 0.29) is 0 Å². The molecule has 0 aromatic heterocycles. The van der Waals surface area contributed by atoms with Crippen LogP contribution in [-0.2, 0) is 12.8 Å².